The molecule has 0 aliphatic rings. The molecule has 0 saturated carbocycles. The van der Waals surface area contributed by atoms with Crippen LogP contribution in [0.15, 0.2) is 11.4 Å². The van der Waals surface area contributed by atoms with Gasteiger partial charge in [-0.25, -0.2) is 4.98 Å². The van der Waals surface area contributed by atoms with Gasteiger partial charge in [0.15, 0.2) is 0 Å². The summed E-state index contributed by atoms with van der Waals surface area (Å²) in [6.07, 6.45) is 0. The molecule has 0 amide bonds. The molecule has 0 aliphatic carbocycles. The Labute approximate surface area is 97.4 Å². The third-order valence-electron chi connectivity index (χ3n) is 2.04. The van der Waals surface area contributed by atoms with Crippen molar-refractivity contribution in [1.29, 1.82) is 0 Å². The summed E-state index contributed by atoms with van der Waals surface area (Å²) >= 11 is 1.57. The maximum Gasteiger partial charge on any atom is 0.227 e. The monoisotopic (exact) mass is 239 g/mol. The molecule has 1 N–H and O–H groups in total. The van der Waals surface area contributed by atoms with E-state index in [0.29, 0.717) is 25.0 Å². The summed E-state index contributed by atoms with van der Waals surface area (Å²) in [6, 6.07) is 1.96. The summed E-state index contributed by atoms with van der Waals surface area (Å²) in [5.74, 6) is 1.18. The summed E-state index contributed by atoms with van der Waals surface area (Å²) in [5, 5.41) is 5.83. The third kappa shape index (κ3) is 2.23. The molecule has 2 aromatic heterocycles. The maximum atomic E-state index is 5.55. The Balaban J connectivity index is 2.29. The van der Waals surface area contributed by atoms with Crippen molar-refractivity contribution < 1.29 is 9.47 Å². The fraction of sp³-hybridized carbons (Fsp3) is 0.400. The van der Waals surface area contributed by atoms with Crippen LogP contribution in [0.4, 0.5) is 5.95 Å². The summed E-state index contributed by atoms with van der Waals surface area (Å²) in [7, 11) is 3.43. The normalized spacial score (nSPS) is 10.6. The second-order valence-corrected chi connectivity index (χ2v) is 3.98. The highest BCUT2D eigenvalue weighted by Crippen LogP contribution is 2.27. The SMILES string of the molecule is CNc1nc(OCCOC)c2ccsc2n1. The van der Waals surface area contributed by atoms with Gasteiger partial charge < -0.3 is 14.8 Å². The van der Waals surface area contributed by atoms with Crippen LogP contribution in [-0.2, 0) is 4.74 Å². The highest BCUT2D eigenvalue weighted by atomic mass is 32.1. The maximum absolute atomic E-state index is 5.55. The lowest BCUT2D eigenvalue weighted by Crippen LogP contribution is -2.07. The Morgan fingerprint density at radius 1 is 1.38 bits per heavy atom. The minimum absolute atomic E-state index is 0.488. The first-order valence-corrected chi connectivity index (χ1v) is 5.78. The summed E-state index contributed by atoms with van der Waals surface area (Å²) in [4.78, 5) is 9.52. The van der Waals surface area contributed by atoms with E-state index in [1.165, 1.54) is 0 Å². The number of hydrogen-bond donors (Lipinski definition) is 1. The smallest absolute Gasteiger partial charge is 0.227 e. The van der Waals surface area contributed by atoms with E-state index in [9.17, 15) is 0 Å². The van der Waals surface area contributed by atoms with Crippen LogP contribution in [0.2, 0.25) is 0 Å². The van der Waals surface area contributed by atoms with Crippen molar-refractivity contribution in [3.05, 3.63) is 11.4 Å². The van der Waals surface area contributed by atoms with Gasteiger partial charge in [-0.1, -0.05) is 0 Å². The van der Waals surface area contributed by atoms with Crippen LogP contribution in [-0.4, -0.2) is 37.3 Å². The molecule has 86 valence electrons. The van der Waals surface area contributed by atoms with Gasteiger partial charge in [0, 0.05) is 14.2 Å². The predicted molar refractivity (Wildman–Crippen MR) is 64.3 cm³/mol. The predicted octanol–water partition coefficient (Wildman–Crippen LogP) is 1.76. The van der Waals surface area contributed by atoms with Gasteiger partial charge in [0.2, 0.25) is 11.8 Å². The summed E-state index contributed by atoms with van der Waals surface area (Å²) in [5.41, 5.74) is 0. The molecule has 2 rings (SSSR count). The molecule has 0 unspecified atom stereocenters. The van der Waals surface area contributed by atoms with E-state index in [0.717, 1.165) is 10.2 Å². The highest BCUT2D eigenvalue weighted by molar-refractivity contribution is 7.16. The van der Waals surface area contributed by atoms with E-state index in [-0.39, 0.29) is 0 Å². The van der Waals surface area contributed by atoms with E-state index < -0.39 is 0 Å². The lowest BCUT2D eigenvalue weighted by Gasteiger charge is -2.07. The molecule has 0 aromatic carbocycles. The first kappa shape index (κ1) is 11.1. The molecular formula is C10H13N3O2S. The highest BCUT2D eigenvalue weighted by Gasteiger charge is 2.08. The van der Waals surface area contributed by atoms with Gasteiger partial charge in [0.05, 0.1) is 12.0 Å². The van der Waals surface area contributed by atoms with Crippen LogP contribution in [0, 0.1) is 0 Å². The number of anilines is 1. The van der Waals surface area contributed by atoms with Gasteiger partial charge >= 0.3 is 0 Å². The standard InChI is InChI=1S/C10H13N3O2S/c1-11-10-12-8(15-5-4-14-2)7-3-6-16-9(7)13-10/h3,6H,4-5H2,1-2H3,(H,11,12,13). The average molecular weight is 239 g/mol. The van der Waals surface area contributed by atoms with E-state index in [4.69, 9.17) is 9.47 Å². The van der Waals surface area contributed by atoms with Gasteiger partial charge in [0.1, 0.15) is 11.4 Å². The number of nitrogens with one attached hydrogen (secondary N) is 1. The number of methoxy groups -OCH3 is 1. The zero-order chi connectivity index (χ0) is 11.4. The molecule has 0 aliphatic heterocycles. The van der Waals surface area contributed by atoms with Gasteiger partial charge in [-0.3, -0.25) is 0 Å². The minimum atomic E-state index is 0.488. The fourth-order valence-corrected chi connectivity index (χ4v) is 2.03. The van der Waals surface area contributed by atoms with Crippen molar-refractivity contribution in [2.24, 2.45) is 0 Å². The molecule has 0 bridgehead atoms. The Morgan fingerprint density at radius 2 is 2.25 bits per heavy atom. The molecule has 16 heavy (non-hydrogen) atoms. The van der Waals surface area contributed by atoms with Crippen LogP contribution < -0.4 is 10.1 Å². The zero-order valence-corrected chi connectivity index (χ0v) is 10.0. The third-order valence-corrected chi connectivity index (χ3v) is 2.85. The van der Waals surface area contributed by atoms with Crippen molar-refractivity contribution in [3.8, 4) is 5.88 Å². The first-order chi connectivity index (χ1) is 7.85. The van der Waals surface area contributed by atoms with Gasteiger partial charge in [0.25, 0.3) is 0 Å². The van der Waals surface area contributed by atoms with Crippen molar-refractivity contribution in [2.45, 2.75) is 0 Å². The van der Waals surface area contributed by atoms with Crippen molar-refractivity contribution in [2.75, 3.05) is 32.7 Å². The van der Waals surface area contributed by atoms with Crippen molar-refractivity contribution >= 4 is 27.5 Å². The fourth-order valence-electron chi connectivity index (χ4n) is 1.27. The van der Waals surface area contributed by atoms with Gasteiger partial charge in [-0.05, 0) is 11.4 Å². The lowest BCUT2D eigenvalue weighted by atomic mass is 10.4. The minimum Gasteiger partial charge on any atom is -0.475 e. The average Bonchev–Trinajstić information content (AvgIpc) is 2.77. The number of hydrogen-bond acceptors (Lipinski definition) is 6. The number of rotatable bonds is 5. The lowest BCUT2D eigenvalue weighted by molar-refractivity contribution is 0.144. The van der Waals surface area contributed by atoms with Gasteiger partial charge in [-0.15, -0.1) is 11.3 Å². The molecule has 0 atom stereocenters. The van der Waals surface area contributed by atoms with Gasteiger partial charge in [-0.2, -0.15) is 4.98 Å². The second-order valence-electron chi connectivity index (χ2n) is 3.08. The van der Waals surface area contributed by atoms with Crippen LogP contribution in [0.1, 0.15) is 0 Å². The van der Waals surface area contributed by atoms with Crippen molar-refractivity contribution in [3.63, 3.8) is 0 Å². The van der Waals surface area contributed by atoms with Crippen LogP contribution >= 0.6 is 11.3 Å². The zero-order valence-electron chi connectivity index (χ0n) is 9.19. The Morgan fingerprint density at radius 3 is 3.00 bits per heavy atom. The molecule has 2 aromatic rings. The molecule has 0 spiro atoms. The van der Waals surface area contributed by atoms with E-state index in [2.05, 4.69) is 15.3 Å². The molecule has 6 heteroatoms. The van der Waals surface area contributed by atoms with E-state index in [1.54, 1.807) is 25.5 Å². The summed E-state index contributed by atoms with van der Waals surface area (Å²) in [6.45, 7) is 1.03. The number of thiophene rings is 1. The molecule has 0 radical (unpaired) electrons. The first-order valence-electron chi connectivity index (χ1n) is 4.90. The topological polar surface area (TPSA) is 56.3 Å². The molecule has 0 fully saturated rings. The number of fused-ring (bicyclic) bond motifs is 1. The molecule has 5 nitrogen and oxygen atoms in total. The van der Waals surface area contributed by atoms with Crippen molar-refractivity contribution in [1.82, 2.24) is 9.97 Å². The number of aromatic nitrogens is 2. The van der Waals surface area contributed by atoms with Crippen LogP contribution in [0.3, 0.4) is 0 Å². The Kier molecular flexibility index (Phi) is 3.53. The number of ether oxygens (including phenoxy) is 2. The molecule has 0 saturated heterocycles. The second kappa shape index (κ2) is 5.09. The van der Waals surface area contributed by atoms with E-state index in [1.807, 2.05) is 11.4 Å². The largest absolute Gasteiger partial charge is 0.475 e. The Bertz CT molecular complexity index is 472. The van der Waals surface area contributed by atoms with E-state index >= 15 is 0 Å². The molecule has 2 heterocycles. The molecular weight excluding hydrogens is 226 g/mol. The Hall–Kier alpha value is -1.40. The van der Waals surface area contributed by atoms with Crippen LogP contribution in [0.5, 0.6) is 5.88 Å². The quantitative estimate of drug-likeness (QED) is 0.806. The number of nitrogens with zero attached hydrogens (tertiary/aromatic N) is 2. The summed E-state index contributed by atoms with van der Waals surface area (Å²) < 4.78 is 10.5. The van der Waals surface area contributed by atoms with Crippen LogP contribution in [0.25, 0.3) is 10.2 Å².